The molecule has 3 fully saturated rings. The van der Waals surface area contributed by atoms with Crippen LogP contribution in [0.25, 0.3) is 0 Å². The molecule has 2 heterocycles. The first kappa shape index (κ1) is 13.3. The van der Waals surface area contributed by atoms with E-state index in [1.54, 1.807) is 0 Å². The normalized spacial score (nSPS) is 32.3. The van der Waals surface area contributed by atoms with Gasteiger partial charge >= 0.3 is 0 Å². The number of nitrogens with zero attached hydrogens (tertiary/aromatic N) is 2. The molecule has 0 spiro atoms. The summed E-state index contributed by atoms with van der Waals surface area (Å²) in [6, 6.07) is -0.116. The van der Waals surface area contributed by atoms with Crippen molar-refractivity contribution in [1.82, 2.24) is 9.80 Å². The van der Waals surface area contributed by atoms with Crippen LogP contribution in [0.4, 0.5) is 0 Å². The minimum absolute atomic E-state index is 0.116. The third-order valence-electron chi connectivity index (χ3n) is 5.01. The molecule has 0 bridgehead atoms. The first-order chi connectivity index (χ1) is 9.10. The molecule has 0 aromatic heterocycles. The molecule has 1 N–H and O–H groups in total. The second kappa shape index (κ2) is 5.04. The molecule has 0 radical (unpaired) electrons. The molecule has 3 rings (SSSR count). The number of amides is 1. The molecular formula is C14H24N2O3. The van der Waals surface area contributed by atoms with E-state index in [0.29, 0.717) is 12.5 Å². The average Bonchev–Trinajstić information content (AvgIpc) is 3.18. The first-order valence-corrected chi connectivity index (χ1v) is 7.39. The second-order valence-corrected chi connectivity index (χ2v) is 6.27. The highest BCUT2D eigenvalue weighted by atomic mass is 16.5. The van der Waals surface area contributed by atoms with Gasteiger partial charge in [-0.15, -0.1) is 0 Å². The number of hydrogen-bond acceptors (Lipinski definition) is 4. The summed E-state index contributed by atoms with van der Waals surface area (Å²) in [5, 5.41) is 10.1. The highest BCUT2D eigenvalue weighted by Gasteiger charge is 2.48. The van der Waals surface area contributed by atoms with E-state index in [-0.39, 0.29) is 17.6 Å². The standard InChI is InChI=1S/C14H24N2O3/c1-15-8-9-19-10-12(15)13(17)16-6-2-11(3-7-16)14(18)4-5-14/h11-12,18H,2-10H2,1H3/t12-/m1/s1. The van der Waals surface area contributed by atoms with Crippen molar-refractivity contribution in [2.45, 2.75) is 37.3 Å². The number of likely N-dealkylation sites (tertiary alicyclic amines) is 1. The molecule has 5 heteroatoms. The van der Waals surface area contributed by atoms with Gasteiger partial charge in [0.05, 0.1) is 18.8 Å². The number of hydrogen-bond donors (Lipinski definition) is 1. The van der Waals surface area contributed by atoms with Gasteiger partial charge in [-0.3, -0.25) is 9.69 Å². The van der Waals surface area contributed by atoms with Crippen LogP contribution in [0.2, 0.25) is 0 Å². The van der Waals surface area contributed by atoms with E-state index >= 15 is 0 Å². The Kier molecular flexibility index (Phi) is 3.53. The molecule has 5 nitrogen and oxygen atoms in total. The Hall–Kier alpha value is -0.650. The largest absolute Gasteiger partial charge is 0.390 e. The molecule has 108 valence electrons. The lowest BCUT2D eigenvalue weighted by molar-refractivity contribution is -0.144. The van der Waals surface area contributed by atoms with Crippen molar-refractivity contribution in [2.24, 2.45) is 5.92 Å². The molecule has 3 aliphatic rings. The van der Waals surface area contributed by atoms with Crippen molar-refractivity contribution in [1.29, 1.82) is 0 Å². The maximum absolute atomic E-state index is 12.5. The van der Waals surface area contributed by atoms with Crippen LogP contribution in [0.5, 0.6) is 0 Å². The Labute approximate surface area is 114 Å². The number of likely N-dealkylation sites (N-methyl/N-ethyl adjacent to an activating group) is 1. The van der Waals surface area contributed by atoms with Gasteiger partial charge in [0.25, 0.3) is 0 Å². The van der Waals surface area contributed by atoms with Gasteiger partial charge in [0.1, 0.15) is 6.04 Å². The first-order valence-electron chi connectivity index (χ1n) is 7.39. The molecule has 1 saturated carbocycles. The molecular weight excluding hydrogens is 244 g/mol. The van der Waals surface area contributed by atoms with E-state index in [9.17, 15) is 9.90 Å². The third-order valence-corrected chi connectivity index (χ3v) is 5.01. The summed E-state index contributed by atoms with van der Waals surface area (Å²) in [6.07, 6.45) is 3.79. The monoisotopic (exact) mass is 268 g/mol. The van der Waals surface area contributed by atoms with Crippen LogP contribution in [0.1, 0.15) is 25.7 Å². The molecule has 1 atom stereocenters. The molecule has 0 aromatic carbocycles. The number of rotatable bonds is 2. The van der Waals surface area contributed by atoms with Crippen molar-refractivity contribution < 1.29 is 14.6 Å². The number of ether oxygens (including phenoxy) is 1. The molecule has 1 aliphatic carbocycles. The number of carbonyl (C=O) groups is 1. The van der Waals surface area contributed by atoms with E-state index < -0.39 is 0 Å². The van der Waals surface area contributed by atoms with Gasteiger partial charge in [-0.2, -0.15) is 0 Å². The van der Waals surface area contributed by atoms with Gasteiger partial charge in [-0.25, -0.2) is 0 Å². The predicted molar refractivity (Wildman–Crippen MR) is 70.7 cm³/mol. The zero-order chi connectivity index (χ0) is 13.5. The Morgan fingerprint density at radius 2 is 1.95 bits per heavy atom. The van der Waals surface area contributed by atoms with E-state index in [0.717, 1.165) is 51.9 Å². The minimum atomic E-state index is -0.389. The van der Waals surface area contributed by atoms with E-state index in [1.807, 2.05) is 11.9 Å². The van der Waals surface area contributed by atoms with Crippen LogP contribution in [0.3, 0.4) is 0 Å². The SMILES string of the molecule is CN1CCOC[C@@H]1C(=O)N1CCC(C2(O)CC2)CC1. The minimum Gasteiger partial charge on any atom is -0.390 e. The highest BCUT2D eigenvalue weighted by Crippen LogP contribution is 2.46. The lowest BCUT2D eigenvalue weighted by atomic mass is 9.89. The summed E-state index contributed by atoms with van der Waals surface area (Å²) < 4.78 is 5.42. The number of aliphatic hydroxyl groups is 1. The van der Waals surface area contributed by atoms with Crippen molar-refractivity contribution in [3.8, 4) is 0 Å². The number of piperidine rings is 1. The summed E-state index contributed by atoms with van der Waals surface area (Å²) in [4.78, 5) is 16.5. The quantitative estimate of drug-likeness (QED) is 0.770. The summed E-state index contributed by atoms with van der Waals surface area (Å²) >= 11 is 0. The van der Waals surface area contributed by atoms with Crippen LogP contribution in [-0.2, 0) is 9.53 Å². The van der Waals surface area contributed by atoms with Gasteiger partial charge in [0, 0.05) is 19.6 Å². The van der Waals surface area contributed by atoms with Crippen LogP contribution in [-0.4, -0.2) is 72.4 Å². The Morgan fingerprint density at radius 1 is 1.26 bits per heavy atom. The van der Waals surface area contributed by atoms with Crippen LogP contribution < -0.4 is 0 Å². The fraction of sp³-hybridized carbons (Fsp3) is 0.929. The Bertz CT molecular complexity index is 349. The molecule has 0 unspecified atom stereocenters. The predicted octanol–water partition coefficient (Wildman–Crippen LogP) is 0.0805. The van der Waals surface area contributed by atoms with Crippen LogP contribution in [0.15, 0.2) is 0 Å². The maximum atomic E-state index is 12.5. The zero-order valence-corrected chi connectivity index (χ0v) is 11.7. The smallest absolute Gasteiger partial charge is 0.242 e. The summed E-state index contributed by atoms with van der Waals surface area (Å²) in [5.41, 5.74) is -0.389. The third kappa shape index (κ3) is 2.64. The summed E-state index contributed by atoms with van der Waals surface area (Å²) in [7, 11) is 1.99. The van der Waals surface area contributed by atoms with E-state index in [1.165, 1.54) is 0 Å². The maximum Gasteiger partial charge on any atom is 0.242 e. The van der Waals surface area contributed by atoms with Crippen LogP contribution in [0, 0.1) is 5.92 Å². The van der Waals surface area contributed by atoms with Crippen LogP contribution >= 0.6 is 0 Å². The van der Waals surface area contributed by atoms with Gasteiger partial charge < -0.3 is 14.7 Å². The second-order valence-electron chi connectivity index (χ2n) is 6.27. The highest BCUT2D eigenvalue weighted by molar-refractivity contribution is 5.82. The van der Waals surface area contributed by atoms with Crippen molar-refractivity contribution in [3.05, 3.63) is 0 Å². The number of morpholine rings is 1. The molecule has 19 heavy (non-hydrogen) atoms. The number of carbonyl (C=O) groups excluding carboxylic acids is 1. The fourth-order valence-corrected chi connectivity index (χ4v) is 3.33. The Balaban J connectivity index is 1.54. The molecule has 1 amide bonds. The van der Waals surface area contributed by atoms with Gasteiger partial charge in [-0.05, 0) is 38.6 Å². The lowest BCUT2D eigenvalue weighted by Crippen LogP contribution is -2.55. The molecule has 2 saturated heterocycles. The summed E-state index contributed by atoms with van der Waals surface area (Å²) in [6.45, 7) is 3.63. The Morgan fingerprint density at radius 3 is 2.53 bits per heavy atom. The van der Waals surface area contributed by atoms with Crippen molar-refractivity contribution in [2.75, 3.05) is 39.9 Å². The summed E-state index contributed by atoms with van der Waals surface area (Å²) in [5.74, 6) is 0.598. The lowest BCUT2D eigenvalue weighted by Gasteiger charge is -2.39. The fourth-order valence-electron chi connectivity index (χ4n) is 3.33. The van der Waals surface area contributed by atoms with Gasteiger partial charge in [0.15, 0.2) is 0 Å². The van der Waals surface area contributed by atoms with E-state index in [2.05, 4.69) is 4.90 Å². The van der Waals surface area contributed by atoms with Crippen molar-refractivity contribution >= 4 is 5.91 Å². The molecule has 0 aromatic rings. The van der Waals surface area contributed by atoms with Crippen molar-refractivity contribution in [3.63, 3.8) is 0 Å². The van der Waals surface area contributed by atoms with Gasteiger partial charge in [0.2, 0.25) is 5.91 Å². The molecule has 2 aliphatic heterocycles. The van der Waals surface area contributed by atoms with Gasteiger partial charge in [-0.1, -0.05) is 0 Å². The average molecular weight is 268 g/mol. The topological polar surface area (TPSA) is 53.0 Å². The zero-order valence-electron chi connectivity index (χ0n) is 11.7. The van der Waals surface area contributed by atoms with E-state index in [4.69, 9.17) is 4.74 Å².